The maximum atomic E-state index is 12.7. The van der Waals surface area contributed by atoms with Crippen molar-refractivity contribution in [2.75, 3.05) is 19.6 Å². The van der Waals surface area contributed by atoms with Crippen molar-refractivity contribution in [3.63, 3.8) is 0 Å². The van der Waals surface area contributed by atoms with Gasteiger partial charge in [-0.2, -0.15) is 5.10 Å². The number of allylic oxidation sites excluding steroid dienone is 2. The Balaban J connectivity index is 1.49. The summed E-state index contributed by atoms with van der Waals surface area (Å²) in [5.41, 5.74) is 1.66. The summed E-state index contributed by atoms with van der Waals surface area (Å²) in [6.07, 6.45) is 6.44. The molecule has 120 valence electrons. The fourth-order valence-corrected chi connectivity index (χ4v) is 3.21. The van der Waals surface area contributed by atoms with Crippen molar-refractivity contribution < 1.29 is 4.79 Å². The maximum Gasteiger partial charge on any atom is 0.270 e. The Morgan fingerprint density at radius 3 is 2.83 bits per heavy atom. The SMILES string of the molecule is O=C(C1=C(C2CC2)C=CCN1)N1CC(n2nc(Cl)ccc2=O)C1. The predicted molar refractivity (Wildman–Crippen MR) is 86.0 cm³/mol. The number of nitrogens with zero attached hydrogens (tertiary/aromatic N) is 3. The number of dihydropyridines is 1. The van der Waals surface area contributed by atoms with Crippen LogP contribution in [0.5, 0.6) is 0 Å². The molecule has 23 heavy (non-hydrogen) atoms. The summed E-state index contributed by atoms with van der Waals surface area (Å²) >= 11 is 5.85. The molecule has 4 rings (SSSR count). The minimum atomic E-state index is -0.192. The maximum absolute atomic E-state index is 12.7. The van der Waals surface area contributed by atoms with Gasteiger partial charge in [-0.25, -0.2) is 4.68 Å². The summed E-state index contributed by atoms with van der Waals surface area (Å²) in [7, 11) is 0. The smallest absolute Gasteiger partial charge is 0.270 e. The van der Waals surface area contributed by atoms with E-state index in [1.54, 1.807) is 4.90 Å². The first kappa shape index (κ1) is 14.5. The van der Waals surface area contributed by atoms with Crippen LogP contribution in [0.25, 0.3) is 0 Å². The number of carbonyl (C=O) groups is 1. The van der Waals surface area contributed by atoms with Gasteiger partial charge in [0.15, 0.2) is 0 Å². The van der Waals surface area contributed by atoms with E-state index in [0.29, 0.717) is 25.6 Å². The third-order valence-corrected chi connectivity index (χ3v) is 4.70. The van der Waals surface area contributed by atoms with Gasteiger partial charge in [0.05, 0.1) is 6.04 Å². The van der Waals surface area contributed by atoms with Gasteiger partial charge in [0, 0.05) is 25.7 Å². The second-order valence-corrected chi connectivity index (χ2v) is 6.58. The standard InChI is InChI=1S/C16H17ClN4O2/c17-13-5-6-14(22)21(19-13)11-8-20(9-11)16(23)15-12(10-3-4-10)2-1-7-18-15/h1-2,5-6,10-11,18H,3-4,7-9H2. The van der Waals surface area contributed by atoms with E-state index in [1.807, 2.05) is 0 Å². The monoisotopic (exact) mass is 332 g/mol. The molecular formula is C16H17ClN4O2. The molecule has 3 heterocycles. The van der Waals surface area contributed by atoms with Gasteiger partial charge in [-0.05, 0) is 30.4 Å². The molecule has 1 saturated heterocycles. The minimum Gasteiger partial charge on any atom is -0.377 e. The van der Waals surface area contributed by atoms with Crippen molar-refractivity contribution in [2.45, 2.75) is 18.9 Å². The number of nitrogens with one attached hydrogen (secondary N) is 1. The highest BCUT2D eigenvalue weighted by Crippen LogP contribution is 2.39. The first-order valence-corrected chi connectivity index (χ1v) is 8.20. The van der Waals surface area contributed by atoms with E-state index in [0.717, 1.165) is 24.1 Å². The molecule has 0 unspecified atom stereocenters. The quantitative estimate of drug-likeness (QED) is 0.900. The molecule has 1 aromatic rings. The minimum absolute atomic E-state index is 0.0163. The summed E-state index contributed by atoms with van der Waals surface area (Å²) in [5.74, 6) is 0.537. The van der Waals surface area contributed by atoms with Gasteiger partial charge in [0.2, 0.25) is 0 Å². The van der Waals surface area contributed by atoms with Crippen LogP contribution >= 0.6 is 11.6 Å². The number of rotatable bonds is 3. The molecule has 6 nitrogen and oxygen atoms in total. The molecule has 0 spiro atoms. The van der Waals surface area contributed by atoms with Crippen LogP contribution in [0.4, 0.5) is 0 Å². The summed E-state index contributed by atoms with van der Waals surface area (Å²) in [4.78, 5) is 26.3. The number of aromatic nitrogens is 2. The molecule has 3 aliphatic rings. The van der Waals surface area contributed by atoms with Gasteiger partial charge in [-0.1, -0.05) is 23.8 Å². The molecule has 0 atom stereocenters. The molecule has 2 aliphatic heterocycles. The fourth-order valence-electron chi connectivity index (χ4n) is 3.06. The Kier molecular flexibility index (Phi) is 3.49. The number of hydrogen-bond acceptors (Lipinski definition) is 4. The van der Waals surface area contributed by atoms with E-state index in [2.05, 4.69) is 22.6 Å². The fraction of sp³-hybridized carbons (Fsp3) is 0.438. The largest absolute Gasteiger partial charge is 0.377 e. The molecule has 0 bridgehead atoms. The highest BCUT2D eigenvalue weighted by molar-refractivity contribution is 6.29. The van der Waals surface area contributed by atoms with E-state index < -0.39 is 0 Å². The van der Waals surface area contributed by atoms with Crippen LogP contribution in [0.15, 0.2) is 40.3 Å². The van der Waals surface area contributed by atoms with Crippen LogP contribution in [0.3, 0.4) is 0 Å². The van der Waals surface area contributed by atoms with E-state index in [1.165, 1.54) is 16.8 Å². The average molecular weight is 333 g/mol. The Hall–Kier alpha value is -2.08. The molecule has 7 heteroatoms. The summed E-state index contributed by atoms with van der Waals surface area (Å²) in [6, 6.07) is 2.78. The molecule has 1 aliphatic carbocycles. The molecule has 1 amide bonds. The second kappa shape index (κ2) is 5.53. The van der Waals surface area contributed by atoms with Gasteiger partial charge in [0.1, 0.15) is 10.9 Å². The topological polar surface area (TPSA) is 67.2 Å². The molecule has 1 N–H and O–H groups in total. The Morgan fingerprint density at radius 2 is 2.09 bits per heavy atom. The highest BCUT2D eigenvalue weighted by Gasteiger charge is 2.37. The molecule has 0 radical (unpaired) electrons. The van der Waals surface area contributed by atoms with Crippen molar-refractivity contribution in [3.8, 4) is 0 Å². The van der Waals surface area contributed by atoms with Gasteiger partial charge in [-0.15, -0.1) is 0 Å². The lowest BCUT2D eigenvalue weighted by Gasteiger charge is -2.40. The third kappa shape index (κ3) is 2.67. The van der Waals surface area contributed by atoms with Crippen molar-refractivity contribution >= 4 is 17.5 Å². The molecule has 1 saturated carbocycles. The summed E-state index contributed by atoms with van der Waals surface area (Å²) in [6.45, 7) is 1.65. The predicted octanol–water partition coefficient (Wildman–Crippen LogP) is 1.10. The van der Waals surface area contributed by atoms with Gasteiger partial charge in [-0.3, -0.25) is 9.59 Å². The molecule has 0 aromatic carbocycles. The van der Waals surface area contributed by atoms with Crippen LogP contribution in [0.2, 0.25) is 5.15 Å². The Morgan fingerprint density at radius 1 is 1.30 bits per heavy atom. The van der Waals surface area contributed by atoms with E-state index >= 15 is 0 Å². The zero-order valence-corrected chi connectivity index (χ0v) is 13.3. The highest BCUT2D eigenvalue weighted by atomic mass is 35.5. The number of likely N-dealkylation sites (tertiary alicyclic amines) is 1. The van der Waals surface area contributed by atoms with Crippen LogP contribution in [0.1, 0.15) is 18.9 Å². The zero-order chi connectivity index (χ0) is 16.0. The Labute approximate surface area is 138 Å². The lowest BCUT2D eigenvalue weighted by atomic mass is 10.0. The van der Waals surface area contributed by atoms with Crippen molar-refractivity contribution in [1.82, 2.24) is 20.0 Å². The summed E-state index contributed by atoms with van der Waals surface area (Å²) < 4.78 is 1.37. The lowest BCUT2D eigenvalue weighted by molar-refractivity contribution is -0.133. The number of carbonyl (C=O) groups excluding carboxylic acids is 1. The first-order chi connectivity index (χ1) is 11.1. The van der Waals surface area contributed by atoms with Crippen LogP contribution < -0.4 is 10.9 Å². The average Bonchev–Trinajstić information content (AvgIpc) is 3.34. The van der Waals surface area contributed by atoms with Crippen molar-refractivity contribution in [1.29, 1.82) is 0 Å². The Bertz CT molecular complexity index is 773. The lowest BCUT2D eigenvalue weighted by Crippen LogP contribution is -2.55. The first-order valence-electron chi connectivity index (χ1n) is 7.82. The van der Waals surface area contributed by atoms with Crippen LogP contribution in [-0.4, -0.2) is 40.2 Å². The van der Waals surface area contributed by atoms with Gasteiger partial charge < -0.3 is 10.2 Å². The van der Waals surface area contributed by atoms with Crippen molar-refractivity contribution in [2.24, 2.45) is 5.92 Å². The number of amides is 1. The van der Waals surface area contributed by atoms with Crippen LogP contribution in [0, 0.1) is 5.92 Å². The van der Waals surface area contributed by atoms with Gasteiger partial charge >= 0.3 is 0 Å². The zero-order valence-electron chi connectivity index (χ0n) is 12.5. The van der Waals surface area contributed by atoms with E-state index in [-0.39, 0.29) is 22.7 Å². The third-order valence-electron chi connectivity index (χ3n) is 4.50. The molecular weight excluding hydrogens is 316 g/mol. The normalized spacial score (nSPS) is 21.2. The van der Waals surface area contributed by atoms with Crippen molar-refractivity contribution in [3.05, 3.63) is 51.1 Å². The molecule has 1 aromatic heterocycles. The van der Waals surface area contributed by atoms with E-state index in [9.17, 15) is 9.59 Å². The van der Waals surface area contributed by atoms with Gasteiger partial charge in [0.25, 0.3) is 11.5 Å². The second-order valence-electron chi connectivity index (χ2n) is 6.19. The summed E-state index contributed by atoms with van der Waals surface area (Å²) in [5, 5.41) is 7.54. The number of hydrogen-bond donors (Lipinski definition) is 1. The van der Waals surface area contributed by atoms with Crippen LogP contribution in [-0.2, 0) is 4.79 Å². The van der Waals surface area contributed by atoms with E-state index in [4.69, 9.17) is 11.6 Å². The molecule has 2 fully saturated rings. The number of halogens is 1.